The van der Waals surface area contributed by atoms with Gasteiger partial charge in [-0.3, -0.25) is 4.79 Å². The molecule has 0 aromatic rings. The molecule has 0 saturated heterocycles. The van der Waals surface area contributed by atoms with Gasteiger partial charge in [0.1, 0.15) is 11.1 Å². The van der Waals surface area contributed by atoms with E-state index < -0.39 is 11.1 Å². The number of quaternary nitrogens is 1. The zero-order valence-corrected chi connectivity index (χ0v) is 13.0. The van der Waals surface area contributed by atoms with Crippen LogP contribution in [0, 0.1) is 5.21 Å². The molecule has 1 amide bonds. The topological polar surface area (TPSA) is 59.8 Å². The quantitative estimate of drug-likeness (QED) is 0.543. The highest BCUT2D eigenvalue weighted by Gasteiger charge is 2.47. The minimum atomic E-state index is -0.685. The number of nitrogens with zero attached hydrogens (tertiary/aromatic N) is 1. The molecule has 0 saturated carbocycles. The summed E-state index contributed by atoms with van der Waals surface area (Å²) in [6, 6.07) is 0. The smallest absolute Gasteiger partial charge is 0.253 e. The van der Waals surface area contributed by atoms with Gasteiger partial charge >= 0.3 is 0 Å². The molecule has 19 heavy (non-hydrogen) atoms. The summed E-state index contributed by atoms with van der Waals surface area (Å²) in [6.45, 7) is 8.96. The zero-order valence-electron chi connectivity index (χ0n) is 13.0. The molecule has 5 nitrogen and oxygen atoms in total. The van der Waals surface area contributed by atoms with Crippen LogP contribution in [0.2, 0.25) is 0 Å². The maximum absolute atomic E-state index is 12.2. The van der Waals surface area contributed by atoms with E-state index in [0.717, 1.165) is 13.0 Å². The lowest BCUT2D eigenvalue weighted by molar-refractivity contribution is -0.927. The van der Waals surface area contributed by atoms with Gasteiger partial charge in [-0.2, -0.15) is 0 Å². The maximum atomic E-state index is 12.2. The van der Waals surface area contributed by atoms with Crippen molar-refractivity contribution in [3.8, 4) is 0 Å². The molecule has 0 bridgehead atoms. The Labute approximate surface area is 116 Å². The highest BCUT2D eigenvalue weighted by atomic mass is 16.5. The number of hydrogen-bond donors (Lipinski definition) is 2. The Bertz CT molecular complexity index is 373. The van der Waals surface area contributed by atoms with Crippen LogP contribution in [0.1, 0.15) is 34.1 Å². The summed E-state index contributed by atoms with van der Waals surface area (Å²) in [6.07, 6.45) is 2.72. The van der Waals surface area contributed by atoms with Crippen molar-refractivity contribution in [1.82, 2.24) is 10.2 Å². The van der Waals surface area contributed by atoms with Crippen molar-refractivity contribution in [3.05, 3.63) is 16.9 Å². The number of carbonyl (C=O) groups excluding carboxylic acids is 1. The molecule has 1 rings (SSSR count). The van der Waals surface area contributed by atoms with Crippen LogP contribution in [0.15, 0.2) is 11.6 Å². The van der Waals surface area contributed by atoms with E-state index in [1.54, 1.807) is 0 Å². The first kappa shape index (κ1) is 16.1. The van der Waals surface area contributed by atoms with E-state index in [2.05, 4.69) is 10.2 Å². The van der Waals surface area contributed by atoms with Crippen LogP contribution in [0.5, 0.6) is 0 Å². The second-order valence-electron chi connectivity index (χ2n) is 6.65. The molecule has 1 aliphatic heterocycles. The van der Waals surface area contributed by atoms with Crippen molar-refractivity contribution in [2.75, 3.05) is 27.2 Å². The van der Waals surface area contributed by atoms with E-state index in [1.165, 1.54) is 0 Å². The average Bonchev–Trinajstić information content (AvgIpc) is 2.45. The second-order valence-corrected chi connectivity index (χ2v) is 6.65. The van der Waals surface area contributed by atoms with Gasteiger partial charge in [0.2, 0.25) is 0 Å². The van der Waals surface area contributed by atoms with Gasteiger partial charge in [0.25, 0.3) is 5.91 Å². The minimum absolute atomic E-state index is 0.109. The predicted octanol–water partition coefficient (Wildman–Crippen LogP) is -0.0658. The van der Waals surface area contributed by atoms with Crippen LogP contribution in [-0.2, 0) is 4.79 Å². The van der Waals surface area contributed by atoms with Crippen LogP contribution < -0.4 is 10.4 Å². The lowest BCUT2D eigenvalue weighted by atomic mass is 9.96. The third-order valence-electron chi connectivity index (χ3n) is 3.64. The summed E-state index contributed by atoms with van der Waals surface area (Å²) in [5, 5.41) is 15.3. The molecule has 0 fully saturated rings. The molecule has 0 aromatic heterocycles. The van der Waals surface area contributed by atoms with Gasteiger partial charge in [0.05, 0.1) is 5.57 Å². The number of amides is 1. The van der Waals surface area contributed by atoms with Gasteiger partial charge in [-0.25, -0.2) is 0 Å². The molecular formula is C14H27N3O2. The van der Waals surface area contributed by atoms with E-state index in [4.69, 9.17) is 0 Å². The fraction of sp³-hybridized carbons (Fsp3) is 0.786. The SMILES string of the molecule is CN(C)CCCNC(=O)C1=CC(C)(C)[NH+]([O-])C1(C)C. The molecule has 5 heteroatoms. The first-order chi connectivity index (χ1) is 8.59. The third kappa shape index (κ3) is 3.55. The highest BCUT2D eigenvalue weighted by Crippen LogP contribution is 2.24. The van der Waals surface area contributed by atoms with E-state index in [0.29, 0.717) is 12.1 Å². The molecule has 1 heterocycles. The van der Waals surface area contributed by atoms with Crippen LogP contribution in [0.25, 0.3) is 0 Å². The monoisotopic (exact) mass is 269 g/mol. The molecule has 0 aromatic carbocycles. The van der Waals surface area contributed by atoms with Gasteiger partial charge < -0.3 is 20.5 Å². The van der Waals surface area contributed by atoms with Crippen LogP contribution in [-0.4, -0.2) is 49.1 Å². The fourth-order valence-corrected chi connectivity index (χ4v) is 2.58. The Morgan fingerprint density at radius 1 is 1.37 bits per heavy atom. The molecule has 0 aliphatic carbocycles. The zero-order chi connectivity index (χ0) is 14.8. The van der Waals surface area contributed by atoms with Gasteiger partial charge in [0, 0.05) is 6.54 Å². The summed E-state index contributed by atoms with van der Waals surface area (Å²) >= 11 is 0. The summed E-state index contributed by atoms with van der Waals surface area (Å²) < 4.78 is 0. The Hall–Kier alpha value is -0.910. The second kappa shape index (κ2) is 5.61. The first-order valence-electron chi connectivity index (χ1n) is 6.80. The maximum Gasteiger partial charge on any atom is 0.253 e. The average molecular weight is 269 g/mol. The van der Waals surface area contributed by atoms with Crippen molar-refractivity contribution < 1.29 is 9.86 Å². The molecule has 1 aliphatic rings. The van der Waals surface area contributed by atoms with Crippen LogP contribution >= 0.6 is 0 Å². The molecule has 2 N–H and O–H groups in total. The molecule has 1 atom stereocenters. The summed E-state index contributed by atoms with van der Waals surface area (Å²) in [7, 11) is 4.01. The number of nitrogens with one attached hydrogen (secondary N) is 2. The standard InChI is InChI=1S/C14H27N3O2/c1-13(2)10-11(14(3,4)17(13)19)12(18)15-8-7-9-16(5)6/h10,17H,7-9H2,1-6H3,(H,15,18). The van der Waals surface area contributed by atoms with E-state index in [-0.39, 0.29) is 11.0 Å². The molecule has 1 unspecified atom stereocenters. The highest BCUT2D eigenvalue weighted by molar-refractivity contribution is 5.95. The van der Waals surface area contributed by atoms with Gasteiger partial charge in [-0.15, -0.1) is 0 Å². The first-order valence-corrected chi connectivity index (χ1v) is 6.80. The third-order valence-corrected chi connectivity index (χ3v) is 3.64. The Morgan fingerprint density at radius 3 is 2.37 bits per heavy atom. The van der Waals surface area contributed by atoms with Crippen LogP contribution in [0.3, 0.4) is 0 Å². The summed E-state index contributed by atoms with van der Waals surface area (Å²) in [5.41, 5.74) is -0.623. The lowest BCUT2D eigenvalue weighted by Gasteiger charge is -2.41. The van der Waals surface area contributed by atoms with E-state index in [1.807, 2.05) is 47.9 Å². The van der Waals surface area contributed by atoms with E-state index in [9.17, 15) is 10.0 Å². The van der Waals surface area contributed by atoms with Crippen molar-refractivity contribution in [1.29, 1.82) is 0 Å². The number of carbonyl (C=O) groups is 1. The lowest BCUT2D eigenvalue weighted by Crippen LogP contribution is -3.20. The van der Waals surface area contributed by atoms with Gasteiger partial charge in [-0.1, -0.05) is 0 Å². The Kier molecular flexibility index (Phi) is 4.76. The van der Waals surface area contributed by atoms with Crippen molar-refractivity contribution in [2.45, 2.75) is 45.2 Å². The number of hydrogen-bond acceptors (Lipinski definition) is 3. The Balaban J connectivity index is 2.62. The molecule has 0 radical (unpaired) electrons. The molecule has 110 valence electrons. The van der Waals surface area contributed by atoms with E-state index >= 15 is 0 Å². The molecular weight excluding hydrogens is 242 g/mol. The van der Waals surface area contributed by atoms with Crippen molar-refractivity contribution >= 4 is 5.91 Å². The Morgan fingerprint density at radius 2 is 1.95 bits per heavy atom. The number of rotatable bonds is 5. The normalized spacial score (nSPS) is 24.4. The molecule has 0 spiro atoms. The van der Waals surface area contributed by atoms with Crippen molar-refractivity contribution in [2.24, 2.45) is 0 Å². The largest absolute Gasteiger partial charge is 0.633 e. The fourth-order valence-electron chi connectivity index (χ4n) is 2.58. The van der Waals surface area contributed by atoms with Gasteiger partial charge in [0.15, 0.2) is 0 Å². The number of hydroxylamine groups is 2. The minimum Gasteiger partial charge on any atom is -0.633 e. The summed E-state index contributed by atoms with van der Waals surface area (Å²) in [5.74, 6) is -0.109. The predicted molar refractivity (Wildman–Crippen MR) is 76.8 cm³/mol. The van der Waals surface area contributed by atoms with Crippen LogP contribution in [0.4, 0.5) is 0 Å². The summed E-state index contributed by atoms with van der Waals surface area (Å²) in [4.78, 5) is 14.3. The van der Waals surface area contributed by atoms with Crippen molar-refractivity contribution in [3.63, 3.8) is 0 Å². The van der Waals surface area contributed by atoms with Gasteiger partial charge in [-0.05, 0) is 60.8 Å².